The Kier molecular flexibility index (Phi) is 5.70. The smallest absolute Gasteiger partial charge is 0.178 e. The van der Waals surface area contributed by atoms with Gasteiger partial charge in [-0.05, 0) is 36.1 Å². The van der Waals surface area contributed by atoms with Crippen molar-refractivity contribution in [3.8, 4) is 28.3 Å². The summed E-state index contributed by atoms with van der Waals surface area (Å²) in [6.45, 7) is 0.966. The summed E-state index contributed by atoms with van der Waals surface area (Å²) < 4.78 is 7.84. The Morgan fingerprint density at radius 2 is 1.71 bits per heavy atom. The van der Waals surface area contributed by atoms with E-state index in [0.717, 1.165) is 46.3 Å². The van der Waals surface area contributed by atoms with Gasteiger partial charge in [-0.15, -0.1) is 0 Å². The molecule has 2 aromatic carbocycles. The molecule has 5 rings (SSSR count). The average Bonchev–Trinajstić information content (AvgIpc) is 3.22. The Bertz CT molecular complexity index is 1160. The van der Waals surface area contributed by atoms with Crippen molar-refractivity contribution >= 4 is 11.2 Å². The lowest BCUT2D eigenvalue weighted by atomic mass is 9.87. The molecule has 158 valence electrons. The van der Waals surface area contributed by atoms with E-state index in [2.05, 4.69) is 47.0 Å². The van der Waals surface area contributed by atoms with Gasteiger partial charge in [0.25, 0.3) is 0 Å². The SMILES string of the molecule is COc1cccc(-c2nc3ncc(-c4ccccc4)cc3n2CCC2CCCCC2)c1. The molecular weight excluding hydrogens is 382 g/mol. The molecule has 2 heterocycles. The van der Waals surface area contributed by atoms with Crippen molar-refractivity contribution in [3.05, 3.63) is 66.9 Å². The number of ether oxygens (including phenoxy) is 1. The minimum atomic E-state index is 0.807. The summed E-state index contributed by atoms with van der Waals surface area (Å²) in [5.74, 6) is 2.64. The van der Waals surface area contributed by atoms with E-state index in [1.54, 1.807) is 7.11 Å². The Morgan fingerprint density at radius 1 is 0.903 bits per heavy atom. The van der Waals surface area contributed by atoms with Crippen LogP contribution in [0.3, 0.4) is 0 Å². The van der Waals surface area contributed by atoms with E-state index in [9.17, 15) is 0 Å². The van der Waals surface area contributed by atoms with Gasteiger partial charge in [0.1, 0.15) is 11.6 Å². The van der Waals surface area contributed by atoms with Gasteiger partial charge >= 0.3 is 0 Å². The monoisotopic (exact) mass is 411 g/mol. The molecule has 0 unspecified atom stereocenters. The predicted molar refractivity (Wildman–Crippen MR) is 126 cm³/mol. The number of methoxy groups -OCH3 is 1. The first-order valence-electron chi connectivity index (χ1n) is 11.4. The van der Waals surface area contributed by atoms with Crippen LogP contribution in [0.1, 0.15) is 38.5 Å². The molecule has 0 atom stereocenters. The summed E-state index contributed by atoms with van der Waals surface area (Å²) in [4.78, 5) is 9.69. The zero-order valence-electron chi connectivity index (χ0n) is 18.1. The lowest BCUT2D eigenvalue weighted by Gasteiger charge is -2.22. The third-order valence-corrected chi connectivity index (χ3v) is 6.53. The Hall–Kier alpha value is -3.14. The molecule has 31 heavy (non-hydrogen) atoms. The molecule has 1 aliphatic carbocycles. The van der Waals surface area contributed by atoms with Crippen molar-refractivity contribution in [2.45, 2.75) is 45.1 Å². The van der Waals surface area contributed by atoms with E-state index in [4.69, 9.17) is 14.7 Å². The van der Waals surface area contributed by atoms with Crippen LogP contribution in [0, 0.1) is 5.92 Å². The highest BCUT2D eigenvalue weighted by molar-refractivity contribution is 5.82. The highest BCUT2D eigenvalue weighted by atomic mass is 16.5. The van der Waals surface area contributed by atoms with Crippen molar-refractivity contribution in [3.63, 3.8) is 0 Å². The van der Waals surface area contributed by atoms with E-state index in [1.165, 1.54) is 44.1 Å². The summed E-state index contributed by atoms with van der Waals surface area (Å²) in [6.07, 6.45) is 9.98. The Morgan fingerprint density at radius 3 is 2.52 bits per heavy atom. The molecule has 4 heteroatoms. The number of hydrogen-bond acceptors (Lipinski definition) is 3. The summed E-state index contributed by atoms with van der Waals surface area (Å²) in [7, 11) is 1.71. The quantitative estimate of drug-likeness (QED) is 0.352. The summed E-state index contributed by atoms with van der Waals surface area (Å²) in [5.41, 5.74) is 5.29. The van der Waals surface area contributed by atoms with Crippen LogP contribution in [0.2, 0.25) is 0 Å². The molecular formula is C27H29N3O. The van der Waals surface area contributed by atoms with Crippen molar-refractivity contribution in [1.29, 1.82) is 0 Å². The number of nitrogens with zero attached hydrogens (tertiary/aromatic N) is 3. The molecule has 0 bridgehead atoms. The second kappa shape index (κ2) is 8.93. The minimum absolute atomic E-state index is 0.807. The molecule has 0 saturated heterocycles. The molecule has 0 aliphatic heterocycles. The van der Waals surface area contributed by atoms with E-state index in [1.807, 2.05) is 24.4 Å². The lowest BCUT2D eigenvalue weighted by molar-refractivity contribution is 0.326. The van der Waals surface area contributed by atoms with Crippen LogP contribution in [0.4, 0.5) is 0 Å². The normalized spacial score (nSPS) is 14.7. The van der Waals surface area contributed by atoms with E-state index < -0.39 is 0 Å². The van der Waals surface area contributed by atoms with Crippen molar-refractivity contribution < 1.29 is 4.74 Å². The fourth-order valence-corrected chi connectivity index (χ4v) is 4.79. The third-order valence-electron chi connectivity index (χ3n) is 6.53. The minimum Gasteiger partial charge on any atom is -0.497 e. The fraction of sp³-hybridized carbons (Fsp3) is 0.333. The van der Waals surface area contributed by atoms with Crippen LogP contribution in [0.5, 0.6) is 5.75 Å². The van der Waals surface area contributed by atoms with Crippen LogP contribution in [0.15, 0.2) is 66.9 Å². The van der Waals surface area contributed by atoms with Crippen molar-refractivity contribution in [2.75, 3.05) is 7.11 Å². The fourth-order valence-electron chi connectivity index (χ4n) is 4.79. The molecule has 0 amide bonds. The number of benzene rings is 2. The highest BCUT2D eigenvalue weighted by Gasteiger charge is 2.18. The van der Waals surface area contributed by atoms with Gasteiger partial charge in [-0.1, -0.05) is 74.6 Å². The lowest BCUT2D eigenvalue weighted by Crippen LogP contribution is -2.11. The first kappa shape index (κ1) is 19.8. The van der Waals surface area contributed by atoms with E-state index >= 15 is 0 Å². The number of rotatable bonds is 6. The Labute approximate surface area is 183 Å². The van der Waals surface area contributed by atoms with Crippen LogP contribution in [-0.4, -0.2) is 21.6 Å². The summed E-state index contributed by atoms with van der Waals surface area (Å²) in [5, 5.41) is 0. The molecule has 4 aromatic rings. The van der Waals surface area contributed by atoms with Crippen LogP contribution in [0.25, 0.3) is 33.7 Å². The molecule has 4 nitrogen and oxygen atoms in total. The number of hydrogen-bond donors (Lipinski definition) is 0. The zero-order chi connectivity index (χ0) is 21.0. The Balaban J connectivity index is 1.58. The van der Waals surface area contributed by atoms with Gasteiger partial charge < -0.3 is 9.30 Å². The third kappa shape index (κ3) is 4.20. The molecule has 1 aliphatic rings. The molecule has 0 radical (unpaired) electrons. The first-order valence-corrected chi connectivity index (χ1v) is 11.4. The topological polar surface area (TPSA) is 39.9 Å². The number of pyridine rings is 1. The van der Waals surface area contributed by atoms with Gasteiger partial charge in [0, 0.05) is 23.9 Å². The first-order chi connectivity index (χ1) is 15.3. The van der Waals surface area contributed by atoms with Gasteiger partial charge in [0.15, 0.2) is 5.65 Å². The molecule has 1 fully saturated rings. The predicted octanol–water partition coefficient (Wildman–Crippen LogP) is 6.74. The standard InChI is InChI=1S/C27H29N3O/c1-31-24-14-8-13-22(17-24)27-29-26-25(30(27)16-15-20-9-4-2-5-10-20)18-23(19-28-26)21-11-6-3-7-12-21/h3,6-8,11-14,17-20H,2,4-5,9-10,15-16H2,1H3. The summed E-state index contributed by atoms with van der Waals surface area (Å²) >= 11 is 0. The average molecular weight is 412 g/mol. The maximum atomic E-state index is 5.47. The maximum absolute atomic E-state index is 5.47. The van der Waals surface area contributed by atoms with E-state index in [-0.39, 0.29) is 0 Å². The van der Waals surface area contributed by atoms with Crippen molar-refractivity contribution in [2.24, 2.45) is 5.92 Å². The second-order valence-corrected chi connectivity index (χ2v) is 8.54. The summed E-state index contributed by atoms with van der Waals surface area (Å²) in [6, 6.07) is 20.9. The second-order valence-electron chi connectivity index (χ2n) is 8.54. The van der Waals surface area contributed by atoms with Gasteiger partial charge in [-0.2, -0.15) is 0 Å². The number of aromatic nitrogens is 3. The maximum Gasteiger partial charge on any atom is 0.178 e. The zero-order valence-corrected chi connectivity index (χ0v) is 18.1. The van der Waals surface area contributed by atoms with Gasteiger partial charge in [-0.25, -0.2) is 9.97 Å². The van der Waals surface area contributed by atoms with Crippen LogP contribution >= 0.6 is 0 Å². The van der Waals surface area contributed by atoms with Gasteiger partial charge in [0.05, 0.1) is 12.6 Å². The molecule has 0 N–H and O–H groups in total. The molecule has 0 spiro atoms. The highest BCUT2D eigenvalue weighted by Crippen LogP contribution is 2.32. The van der Waals surface area contributed by atoms with Gasteiger partial charge in [0.2, 0.25) is 0 Å². The van der Waals surface area contributed by atoms with Gasteiger partial charge in [-0.3, -0.25) is 0 Å². The number of fused-ring (bicyclic) bond motifs is 1. The largest absolute Gasteiger partial charge is 0.497 e. The number of aryl methyl sites for hydroxylation is 1. The van der Waals surface area contributed by atoms with Crippen LogP contribution < -0.4 is 4.74 Å². The molecule has 2 aromatic heterocycles. The van der Waals surface area contributed by atoms with E-state index in [0.29, 0.717) is 0 Å². The van der Waals surface area contributed by atoms with Crippen LogP contribution in [-0.2, 0) is 6.54 Å². The van der Waals surface area contributed by atoms with Crippen molar-refractivity contribution in [1.82, 2.24) is 14.5 Å². The molecule has 1 saturated carbocycles. The number of imidazole rings is 1.